The zero-order valence-electron chi connectivity index (χ0n) is 9.33. The average Bonchev–Trinajstić information content (AvgIpc) is 2.13. The minimum absolute atomic E-state index is 0. The van der Waals surface area contributed by atoms with Crippen molar-refractivity contribution in [1.29, 1.82) is 0 Å². The minimum Gasteiger partial charge on any atom is -0.511 e. The van der Waals surface area contributed by atoms with E-state index in [1.165, 1.54) is 11.1 Å². The summed E-state index contributed by atoms with van der Waals surface area (Å²) in [5.41, 5.74) is 4.54. The van der Waals surface area contributed by atoms with Gasteiger partial charge in [-0.2, -0.15) is 0 Å². The van der Waals surface area contributed by atoms with E-state index in [4.69, 9.17) is 9.22 Å². The highest BCUT2D eigenvalue weighted by Gasteiger charge is 2.07. The summed E-state index contributed by atoms with van der Waals surface area (Å²) in [7, 11) is -2.82. The molecule has 0 amide bonds. The van der Waals surface area contributed by atoms with Crippen molar-refractivity contribution < 1.29 is 13.7 Å². The third-order valence-electron chi connectivity index (χ3n) is 2.52. The van der Waals surface area contributed by atoms with E-state index in [0.29, 0.717) is 0 Å². The summed E-state index contributed by atoms with van der Waals surface area (Å²) in [4.78, 5) is 8.55. The Balaban J connectivity index is 0.00000196. The van der Waals surface area contributed by atoms with E-state index < -0.39 is 9.17 Å². The van der Waals surface area contributed by atoms with Crippen LogP contribution in [0.15, 0.2) is 12.1 Å². The summed E-state index contributed by atoms with van der Waals surface area (Å²) in [6.07, 6.45) is 0. The van der Waals surface area contributed by atoms with Crippen molar-refractivity contribution >= 4 is 9.17 Å². The van der Waals surface area contributed by atoms with Gasteiger partial charge in [-0.1, -0.05) is 12.1 Å². The van der Waals surface area contributed by atoms with Crippen molar-refractivity contribution in [1.82, 2.24) is 6.15 Å². The normalized spacial score (nSPS) is 9.27. The first-order valence-corrected chi connectivity index (χ1v) is 5.70. The molecule has 0 aromatic heterocycles. The maximum Gasteiger partial charge on any atom is 0.764 e. The molecule has 0 aliphatic heterocycles. The largest absolute Gasteiger partial charge is 0.764 e. The van der Waals surface area contributed by atoms with E-state index in [0.717, 1.165) is 11.1 Å². The van der Waals surface area contributed by atoms with Crippen molar-refractivity contribution in [2.45, 2.75) is 27.4 Å². The lowest BCUT2D eigenvalue weighted by molar-refractivity contribution is 0.214. The highest BCUT2D eigenvalue weighted by molar-refractivity contribution is 6.24. The van der Waals surface area contributed by atoms with Gasteiger partial charge in [0.1, 0.15) is 6.61 Å². The molecule has 5 heteroatoms. The second kappa shape index (κ2) is 5.62. The fourth-order valence-electron chi connectivity index (χ4n) is 1.31. The molecule has 0 atom stereocenters. The SMILES string of the molecule is Cc1ccc(CO[Si](=O)O)c(C)c1C.N. The van der Waals surface area contributed by atoms with Gasteiger partial charge in [0, 0.05) is 0 Å². The second-order valence-electron chi connectivity index (χ2n) is 3.35. The van der Waals surface area contributed by atoms with Crippen LogP contribution >= 0.6 is 0 Å². The molecule has 0 spiro atoms. The van der Waals surface area contributed by atoms with Crippen LogP contribution in [0.25, 0.3) is 0 Å². The molecule has 0 radical (unpaired) electrons. The van der Waals surface area contributed by atoms with E-state index >= 15 is 0 Å². The van der Waals surface area contributed by atoms with Crippen molar-refractivity contribution in [3.63, 3.8) is 0 Å². The minimum atomic E-state index is -2.82. The topological polar surface area (TPSA) is 81.5 Å². The molecular weight excluding hydrogens is 210 g/mol. The molecule has 0 fully saturated rings. The van der Waals surface area contributed by atoms with Crippen LogP contribution in [0.3, 0.4) is 0 Å². The van der Waals surface area contributed by atoms with E-state index in [2.05, 4.69) is 0 Å². The Morgan fingerprint density at radius 2 is 1.87 bits per heavy atom. The van der Waals surface area contributed by atoms with Gasteiger partial charge in [-0.25, -0.2) is 0 Å². The van der Waals surface area contributed by atoms with E-state index in [1.807, 2.05) is 32.9 Å². The summed E-state index contributed by atoms with van der Waals surface area (Å²) < 4.78 is 15.1. The molecule has 0 bridgehead atoms. The predicted molar refractivity (Wildman–Crippen MR) is 59.1 cm³/mol. The monoisotopic (exact) mass is 227 g/mol. The van der Waals surface area contributed by atoms with Crippen LogP contribution in [0.1, 0.15) is 22.3 Å². The van der Waals surface area contributed by atoms with E-state index in [9.17, 15) is 4.46 Å². The lowest BCUT2D eigenvalue weighted by Gasteiger charge is -2.10. The molecule has 1 aromatic carbocycles. The lowest BCUT2D eigenvalue weighted by atomic mass is 9.99. The van der Waals surface area contributed by atoms with Gasteiger partial charge in [-0.15, -0.1) is 0 Å². The molecule has 1 aromatic rings. The molecule has 0 saturated carbocycles. The number of hydrogen-bond donors (Lipinski definition) is 2. The molecule has 4 nitrogen and oxygen atoms in total. The lowest BCUT2D eigenvalue weighted by Crippen LogP contribution is -2.06. The third kappa shape index (κ3) is 3.45. The van der Waals surface area contributed by atoms with Gasteiger partial charge in [0.15, 0.2) is 0 Å². The molecule has 0 heterocycles. The molecule has 1 rings (SSSR count). The smallest absolute Gasteiger partial charge is 0.511 e. The molecule has 0 unspecified atom stereocenters. The third-order valence-corrected chi connectivity index (χ3v) is 2.91. The Morgan fingerprint density at radius 1 is 1.27 bits per heavy atom. The Labute approximate surface area is 91.4 Å². The Morgan fingerprint density at radius 3 is 2.40 bits per heavy atom. The highest BCUT2D eigenvalue weighted by atomic mass is 28.3. The summed E-state index contributed by atoms with van der Waals surface area (Å²) in [6.45, 7) is 6.29. The van der Waals surface area contributed by atoms with Gasteiger partial charge < -0.3 is 15.4 Å². The number of hydrogen-bond acceptors (Lipinski definition) is 3. The van der Waals surface area contributed by atoms with Crippen LogP contribution in [0.4, 0.5) is 0 Å². The van der Waals surface area contributed by atoms with E-state index in [1.54, 1.807) is 0 Å². The van der Waals surface area contributed by atoms with Crippen LogP contribution in [0.2, 0.25) is 0 Å². The summed E-state index contributed by atoms with van der Waals surface area (Å²) in [5, 5.41) is 0. The summed E-state index contributed by atoms with van der Waals surface area (Å²) >= 11 is 0. The Hall–Kier alpha value is -1.20. The molecule has 0 saturated heterocycles. The first kappa shape index (κ1) is 13.8. The zero-order valence-corrected chi connectivity index (χ0v) is 10.3. The van der Waals surface area contributed by atoms with Gasteiger partial charge in [0.25, 0.3) is 0 Å². The first-order chi connectivity index (χ1) is 6.52. The maximum atomic E-state index is 10.4. The van der Waals surface area contributed by atoms with Crippen molar-refractivity contribution in [3.8, 4) is 0 Å². The Bertz CT molecular complexity index is 366. The zero-order chi connectivity index (χ0) is 10.7. The van der Waals surface area contributed by atoms with Crippen LogP contribution in [-0.2, 0) is 15.5 Å². The molecular formula is C10H17NO3Si. The molecule has 4 N–H and O–H groups in total. The van der Waals surface area contributed by atoms with Crippen LogP contribution < -0.4 is 6.15 Å². The van der Waals surface area contributed by atoms with Gasteiger partial charge in [0.2, 0.25) is 0 Å². The summed E-state index contributed by atoms with van der Waals surface area (Å²) in [5.74, 6) is 0. The van der Waals surface area contributed by atoms with E-state index in [-0.39, 0.29) is 12.8 Å². The van der Waals surface area contributed by atoms with Gasteiger partial charge in [-0.05, 0) is 43.0 Å². The van der Waals surface area contributed by atoms with Crippen molar-refractivity contribution in [2.75, 3.05) is 0 Å². The second-order valence-corrected chi connectivity index (χ2v) is 4.17. The van der Waals surface area contributed by atoms with Crippen LogP contribution in [0, 0.1) is 20.8 Å². The molecule has 84 valence electrons. The van der Waals surface area contributed by atoms with Crippen molar-refractivity contribution in [2.24, 2.45) is 0 Å². The summed E-state index contributed by atoms with van der Waals surface area (Å²) in [6, 6.07) is 3.93. The van der Waals surface area contributed by atoms with Gasteiger partial charge in [0.05, 0.1) is 0 Å². The standard InChI is InChI=1S/C10H14O3Si.H3N/c1-7-4-5-10(6-13-14(11)12)9(3)8(7)2;/h4-5,11H,6H2,1-3H3;1H3. The van der Waals surface area contributed by atoms with Crippen molar-refractivity contribution in [3.05, 3.63) is 34.4 Å². The number of rotatable bonds is 3. The predicted octanol–water partition coefficient (Wildman–Crippen LogP) is 1.70. The highest BCUT2D eigenvalue weighted by Crippen LogP contribution is 2.17. The van der Waals surface area contributed by atoms with Gasteiger partial charge in [-0.3, -0.25) is 4.46 Å². The molecule has 15 heavy (non-hydrogen) atoms. The number of aryl methyl sites for hydroxylation is 1. The van der Waals surface area contributed by atoms with Crippen LogP contribution in [-0.4, -0.2) is 14.0 Å². The van der Waals surface area contributed by atoms with Gasteiger partial charge >= 0.3 is 9.17 Å². The van der Waals surface area contributed by atoms with Crippen LogP contribution in [0.5, 0.6) is 0 Å². The Kier molecular flexibility index (Phi) is 5.17. The fraction of sp³-hybridized carbons (Fsp3) is 0.400. The molecule has 0 aliphatic carbocycles. The fourth-order valence-corrected chi connectivity index (χ4v) is 1.59. The number of benzene rings is 1. The quantitative estimate of drug-likeness (QED) is 0.770. The first-order valence-electron chi connectivity index (χ1n) is 4.43. The maximum absolute atomic E-state index is 10.4. The molecule has 0 aliphatic rings. The average molecular weight is 227 g/mol.